The molecule has 4 heteroatoms. The highest BCUT2D eigenvalue weighted by Gasteiger charge is 1.85. The number of benzene rings is 2. The lowest BCUT2D eigenvalue weighted by atomic mass is 10.1. The molecule has 0 aromatic heterocycles. The van der Waals surface area contributed by atoms with Gasteiger partial charge in [0.2, 0.25) is 10.5 Å². The van der Waals surface area contributed by atoms with Crippen LogP contribution in [0.5, 0.6) is 0 Å². The van der Waals surface area contributed by atoms with E-state index in [9.17, 15) is 9.59 Å². The Morgan fingerprint density at radius 1 is 0.722 bits per heavy atom. The molecule has 0 atom stereocenters. The zero-order valence-corrected chi connectivity index (χ0v) is 11.7. The summed E-state index contributed by atoms with van der Waals surface area (Å²) in [7, 11) is 0. The summed E-state index contributed by atoms with van der Waals surface area (Å²) in [6.07, 6.45) is 0. The van der Waals surface area contributed by atoms with E-state index in [2.05, 4.69) is 71.7 Å². The van der Waals surface area contributed by atoms with Gasteiger partial charge in [0, 0.05) is 13.8 Å². The molecule has 2 aromatic carbocycles. The van der Waals surface area contributed by atoms with E-state index in [1.807, 2.05) is 0 Å². The van der Waals surface area contributed by atoms with Gasteiger partial charge < -0.3 is 0 Å². The zero-order valence-electron chi connectivity index (χ0n) is 10.2. The van der Waals surface area contributed by atoms with E-state index in [1.165, 1.54) is 24.6 Å². The van der Waals surface area contributed by atoms with Gasteiger partial charge in [-0.25, -0.2) is 0 Å². The maximum atomic E-state index is 9.21. The van der Waals surface area contributed by atoms with Gasteiger partial charge in [0.1, 0.15) is 0 Å². The van der Waals surface area contributed by atoms with E-state index in [0.717, 1.165) is 0 Å². The fourth-order valence-electron chi connectivity index (χ4n) is 1.13. The van der Waals surface area contributed by atoms with Gasteiger partial charge in [0.05, 0.1) is 0 Å². The summed E-state index contributed by atoms with van der Waals surface area (Å²) < 4.78 is 0. The average molecular weight is 285 g/mol. The third-order valence-corrected chi connectivity index (χ3v) is 1.66. The van der Waals surface area contributed by atoms with Crippen molar-refractivity contribution in [3.05, 3.63) is 48.5 Å². The molecular formula is C14H14Cl2O2. The second kappa shape index (κ2) is 9.63. The van der Waals surface area contributed by atoms with Gasteiger partial charge in [-0.2, -0.15) is 0 Å². The minimum atomic E-state index is -0.361. The van der Waals surface area contributed by atoms with Crippen molar-refractivity contribution in [2.75, 3.05) is 0 Å². The van der Waals surface area contributed by atoms with E-state index in [-0.39, 0.29) is 10.5 Å². The van der Waals surface area contributed by atoms with Gasteiger partial charge in [0.15, 0.2) is 0 Å². The minimum absolute atomic E-state index is 0.361. The van der Waals surface area contributed by atoms with Gasteiger partial charge in [-0.05, 0) is 34.0 Å². The lowest BCUT2D eigenvalue weighted by Crippen LogP contribution is -1.67. The number of halogens is 2. The van der Waals surface area contributed by atoms with E-state index in [4.69, 9.17) is 0 Å². The second-order valence-electron chi connectivity index (χ2n) is 3.29. The third kappa shape index (κ3) is 9.82. The van der Waals surface area contributed by atoms with Gasteiger partial charge in [-0.1, -0.05) is 48.5 Å². The van der Waals surface area contributed by atoms with Gasteiger partial charge in [-0.15, -0.1) is 0 Å². The summed E-state index contributed by atoms with van der Waals surface area (Å²) in [6, 6.07) is 16.7. The molecule has 0 saturated heterocycles. The van der Waals surface area contributed by atoms with Gasteiger partial charge in [-0.3, -0.25) is 9.59 Å². The van der Waals surface area contributed by atoms with E-state index < -0.39 is 0 Å². The minimum Gasteiger partial charge on any atom is -0.282 e. The van der Waals surface area contributed by atoms with Crippen LogP contribution in [0.25, 0.3) is 10.8 Å². The lowest BCUT2D eigenvalue weighted by molar-refractivity contribution is -0.110. The molecule has 0 aliphatic carbocycles. The summed E-state index contributed by atoms with van der Waals surface area (Å²) in [5.41, 5.74) is 0. The molecule has 2 aromatic rings. The SMILES string of the molecule is CC(=O)Cl.CC(=O)Cl.c1ccc2ccccc2c1. The van der Waals surface area contributed by atoms with Crippen LogP contribution < -0.4 is 0 Å². The number of carbonyl (C=O) groups is 2. The van der Waals surface area contributed by atoms with Crippen LogP contribution in [0, 0.1) is 0 Å². The van der Waals surface area contributed by atoms with Crippen LogP contribution in [-0.2, 0) is 9.59 Å². The smallest absolute Gasteiger partial charge is 0.218 e. The third-order valence-electron chi connectivity index (χ3n) is 1.66. The molecule has 0 fully saturated rings. The van der Waals surface area contributed by atoms with Crippen LogP contribution in [0.15, 0.2) is 48.5 Å². The lowest BCUT2D eigenvalue weighted by Gasteiger charge is -1.92. The zero-order chi connectivity index (χ0) is 14.0. The predicted molar refractivity (Wildman–Crippen MR) is 77.0 cm³/mol. The molecule has 0 aliphatic rings. The first-order chi connectivity index (χ1) is 8.43. The molecule has 0 aliphatic heterocycles. The molecule has 0 bridgehead atoms. The molecule has 2 rings (SSSR count). The molecule has 96 valence electrons. The molecule has 2 nitrogen and oxygen atoms in total. The van der Waals surface area contributed by atoms with Crippen molar-refractivity contribution in [2.24, 2.45) is 0 Å². The van der Waals surface area contributed by atoms with Crippen LogP contribution in [0.4, 0.5) is 0 Å². The quantitative estimate of drug-likeness (QED) is 0.673. The highest BCUT2D eigenvalue weighted by Crippen LogP contribution is 2.11. The van der Waals surface area contributed by atoms with Gasteiger partial charge in [0.25, 0.3) is 0 Å². The molecule has 0 radical (unpaired) electrons. The Hall–Kier alpha value is -1.38. The van der Waals surface area contributed by atoms with Crippen molar-refractivity contribution in [1.82, 2.24) is 0 Å². The summed E-state index contributed by atoms with van der Waals surface area (Å²) in [5.74, 6) is 0. The van der Waals surface area contributed by atoms with Crippen molar-refractivity contribution in [2.45, 2.75) is 13.8 Å². The second-order valence-corrected chi connectivity index (χ2v) is 4.35. The summed E-state index contributed by atoms with van der Waals surface area (Å²) in [4.78, 5) is 18.4. The predicted octanol–water partition coefficient (Wildman–Crippen LogP) is 4.38. The Labute approximate surface area is 117 Å². The number of rotatable bonds is 0. The molecule has 0 saturated carbocycles. The molecule has 0 spiro atoms. The highest BCUT2D eigenvalue weighted by molar-refractivity contribution is 6.63. The Morgan fingerprint density at radius 2 is 0.889 bits per heavy atom. The van der Waals surface area contributed by atoms with Crippen molar-refractivity contribution < 1.29 is 9.59 Å². The van der Waals surface area contributed by atoms with Crippen molar-refractivity contribution in [3.63, 3.8) is 0 Å². The van der Waals surface area contributed by atoms with Crippen LogP contribution in [0.1, 0.15) is 13.8 Å². The first-order valence-electron chi connectivity index (χ1n) is 5.19. The number of hydrogen-bond donors (Lipinski definition) is 0. The molecule has 0 N–H and O–H groups in total. The van der Waals surface area contributed by atoms with E-state index >= 15 is 0 Å². The molecule has 0 heterocycles. The number of fused-ring (bicyclic) bond motifs is 1. The normalized spacial score (nSPS) is 8.44. The topological polar surface area (TPSA) is 34.1 Å². The van der Waals surface area contributed by atoms with E-state index in [0.29, 0.717) is 0 Å². The number of hydrogen-bond acceptors (Lipinski definition) is 2. The standard InChI is InChI=1S/C10H8.2C2H3ClO/c1-2-6-10-8-4-3-7-9(10)5-1;2*1-2(3)4/h1-8H;2*1H3. The first kappa shape index (κ1) is 16.6. The molecule has 18 heavy (non-hydrogen) atoms. The average Bonchev–Trinajstić information content (AvgIpc) is 2.28. The Balaban J connectivity index is 0.000000307. The van der Waals surface area contributed by atoms with Crippen LogP contribution >= 0.6 is 23.2 Å². The first-order valence-corrected chi connectivity index (χ1v) is 5.95. The summed E-state index contributed by atoms with van der Waals surface area (Å²) in [6.45, 7) is 2.59. The Kier molecular flexibility index (Phi) is 8.89. The molecule has 0 unspecified atom stereocenters. The summed E-state index contributed by atoms with van der Waals surface area (Å²) >= 11 is 9.27. The Bertz CT molecular complexity index is 424. The van der Waals surface area contributed by atoms with Crippen molar-refractivity contribution >= 4 is 44.5 Å². The van der Waals surface area contributed by atoms with E-state index in [1.54, 1.807) is 0 Å². The van der Waals surface area contributed by atoms with Crippen LogP contribution in [-0.4, -0.2) is 10.5 Å². The maximum absolute atomic E-state index is 9.21. The maximum Gasteiger partial charge on any atom is 0.218 e. The summed E-state index contributed by atoms with van der Waals surface area (Å²) in [5, 5.41) is 1.90. The van der Waals surface area contributed by atoms with Crippen molar-refractivity contribution in [1.29, 1.82) is 0 Å². The highest BCUT2D eigenvalue weighted by atomic mass is 35.5. The van der Waals surface area contributed by atoms with Crippen LogP contribution in [0.3, 0.4) is 0 Å². The van der Waals surface area contributed by atoms with Crippen molar-refractivity contribution in [3.8, 4) is 0 Å². The monoisotopic (exact) mass is 284 g/mol. The fraction of sp³-hybridized carbons (Fsp3) is 0.143. The fourth-order valence-corrected chi connectivity index (χ4v) is 1.13. The number of carbonyl (C=O) groups excluding carboxylic acids is 2. The van der Waals surface area contributed by atoms with Gasteiger partial charge >= 0.3 is 0 Å². The largest absolute Gasteiger partial charge is 0.282 e. The molecular weight excluding hydrogens is 271 g/mol. The Morgan fingerprint density at radius 3 is 1.06 bits per heavy atom. The van der Waals surface area contributed by atoms with Crippen LogP contribution in [0.2, 0.25) is 0 Å². The molecule has 0 amide bonds.